The molecule has 1 heterocycles. The molecule has 1 aliphatic rings. The minimum absolute atomic E-state index is 0.0559. The number of para-hydroxylation sites is 1. The van der Waals surface area contributed by atoms with Gasteiger partial charge in [-0.2, -0.15) is 0 Å². The van der Waals surface area contributed by atoms with Crippen LogP contribution < -0.4 is 15.0 Å². The van der Waals surface area contributed by atoms with Crippen molar-refractivity contribution in [1.29, 1.82) is 0 Å². The Labute approximate surface area is 219 Å². The lowest BCUT2D eigenvalue weighted by Gasteiger charge is -2.18. The smallest absolute Gasteiger partial charge is 0.343 e. The lowest BCUT2D eigenvalue weighted by Crippen LogP contribution is -2.33. The first-order chi connectivity index (χ1) is 17.3. The van der Waals surface area contributed by atoms with Crippen LogP contribution in [-0.4, -0.2) is 30.4 Å². The van der Waals surface area contributed by atoms with Gasteiger partial charge in [0.2, 0.25) is 0 Å². The molecule has 3 aromatic carbocycles. The monoisotopic (exact) mass is 568 g/mol. The predicted octanol–water partition coefficient (Wildman–Crippen LogP) is 5.28. The van der Waals surface area contributed by atoms with Crippen LogP contribution in [0.1, 0.15) is 27.6 Å². The maximum absolute atomic E-state index is 13.1. The number of hydrogen-bond donors (Lipinski definition) is 1. The fourth-order valence-corrected chi connectivity index (χ4v) is 3.86. The van der Waals surface area contributed by atoms with Gasteiger partial charge in [-0.15, -0.1) is 0 Å². The van der Waals surface area contributed by atoms with E-state index >= 15 is 0 Å². The van der Waals surface area contributed by atoms with Crippen molar-refractivity contribution in [3.63, 3.8) is 0 Å². The molecule has 0 aliphatic carbocycles. The van der Waals surface area contributed by atoms with Gasteiger partial charge in [0, 0.05) is 10.2 Å². The van der Waals surface area contributed by atoms with E-state index in [4.69, 9.17) is 21.1 Å². The second kappa shape index (κ2) is 10.8. The highest BCUT2D eigenvalue weighted by Crippen LogP contribution is 2.32. The molecule has 0 aromatic heterocycles. The number of rotatable bonds is 7. The Balaban J connectivity index is 1.51. The van der Waals surface area contributed by atoms with E-state index in [0.717, 1.165) is 9.37 Å². The van der Waals surface area contributed by atoms with E-state index in [1.165, 1.54) is 24.3 Å². The Morgan fingerprint density at radius 3 is 2.25 bits per heavy atom. The van der Waals surface area contributed by atoms with E-state index in [1.54, 1.807) is 55.5 Å². The Hall–Kier alpha value is -3.95. The molecule has 0 bridgehead atoms. The maximum atomic E-state index is 13.1. The summed E-state index contributed by atoms with van der Waals surface area (Å²) in [6.07, 6.45) is 0. The number of imide groups is 1. The third-order valence-electron chi connectivity index (χ3n) is 5.08. The molecule has 36 heavy (non-hydrogen) atoms. The van der Waals surface area contributed by atoms with E-state index in [2.05, 4.69) is 21.2 Å². The van der Waals surface area contributed by atoms with Crippen molar-refractivity contribution >= 4 is 62.7 Å². The van der Waals surface area contributed by atoms with E-state index in [9.17, 15) is 19.2 Å². The van der Waals surface area contributed by atoms with Crippen LogP contribution in [0.5, 0.6) is 5.75 Å². The molecule has 0 radical (unpaired) electrons. The van der Waals surface area contributed by atoms with Gasteiger partial charge >= 0.3 is 11.9 Å². The molecule has 0 spiro atoms. The summed E-state index contributed by atoms with van der Waals surface area (Å²) in [6.45, 7) is 1.78. The zero-order valence-electron chi connectivity index (χ0n) is 18.8. The van der Waals surface area contributed by atoms with Gasteiger partial charge in [-0.05, 0) is 67.6 Å². The average molecular weight is 570 g/mol. The molecule has 3 aromatic rings. The number of anilines is 2. The first kappa shape index (κ1) is 25.2. The minimum Gasteiger partial charge on any atom is -0.462 e. The lowest BCUT2D eigenvalue weighted by molar-refractivity contribution is -0.120. The number of ether oxygens (including phenoxy) is 2. The van der Waals surface area contributed by atoms with Crippen molar-refractivity contribution < 1.29 is 28.7 Å². The quantitative estimate of drug-likeness (QED) is 0.235. The van der Waals surface area contributed by atoms with Gasteiger partial charge in [-0.3, -0.25) is 9.59 Å². The molecule has 182 valence electrons. The number of amides is 2. The molecule has 4 rings (SSSR count). The zero-order chi connectivity index (χ0) is 25.8. The SMILES string of the molecule is CCOC(=O)c1ccccc1N1C(=O)C(Cl)=C(Nc2ccc(C(=O)Oc3ccc(Br)cc3)cc2)C1=O. The summed E-state index contributed by atoms with van der Waals surface area (Å²) in [4.78, 5) is 51.5. The summed E-state index contributed by atoms with van der Waals surface area (Å²) in [5.74, 6) is -2.36. The van der Waals surface area contributed by atoms with E-state index in [1.807, 2.05) is 0 Å². The number of halogens is 2. The summed E-state index contributed by atoms with van der Waals surface area (Å²) in [5, 5.41) is 2.49. The Morgan fingerprint density at radius 2 is 1.58 bits per heavy atom. The number of benzene rings is 3. The van der Waals surface area contributed by atoms with Crippen molar-refractivity contribution in [2.45, 2.75) is 6.92 Å². The van der Waals surface area contributed by atoms with Gasteiger partial charge in [0.1, 0.15) is 16.5 Å². The second-order valence-electron chi connectivity index (χ2n) is 7.42. The molecule has 0 saturated heterocycles. The van der Waals surface area contributed by atoms with E-state index in [-0.39, 0.29) is 34.2 Å². The van der Waals surface area contributed by atoms with Gasteiger partial charge in [0.15, 0.2) is 0 Å². The summed E-state index contributed by atoms with van der Waals surface area (Å²) in [5.41, 5.74) is 0.644. The highest BCUT2D eigenvalue weighted by atomic mass is 79.9. The third-order valence-corrected chi connectivity index (χ3v) is 5.96. The molecule has 1 aliphatic heterocycles. The zero-order valence-corrected chi connectivity index (χ0v) is 21.1. The highest BCUT2D eigenvalue weighted by Gasteiger charge is 2.40. The van der Waals surface area contributed by atoms with Crippen molar-refractivity contribution in [1.82, 2.24) is 0 Å². The standard InChI is InChI=1S/C26H18BrClN2O6/c1-2-35-26(34)19-5-3-4-6-20(19)30-23(31)21(28)22(24(30)32)29-17-11-7-15(8-12-17)25(33)36-18-13-9-16(27)10-14-18/h3-14,29H,2H2,1H3. The number of esters is 2. The van der Waals surface area contributed by atoms with Crippen LogP contribution in [0.25, 0.3) is 0 Å². The van der Waals surface area contributed by atoms with Gasteiger partial charge in [0.25, 0.3) is 11.8 Å². The Kier molecular flexibility index (Phi) is 7.52. The normalized spacial score (nSPS) is 13.1. The first-order valence-corrected chi connectivity index (χ1v) is 11.9. The molecule has 0 atom stereocenters. The van der Waals surface area contributed by atoms with Crippen molar-refractivity contribution in [2.24, 2.45) is 0 Å². The number of carbonyl (C=O) groups is 4. The van der Waals surface area contributed by atoms with E-state index in [0.29, 0.717) is 11.4 Å². The lowest BCUT2D eigenvalue weighted by atomic mass is 10.1. The number of nitrogens with zero attached hydrogens (tertiary/aromatic N) is 1. The predicted molar refractivity (Wildman–Crippen MR) is 137 cm³/mol. The number of carbonyl (C=O) groups excluding carboxylic acids is 4. The number of nitrogens with one attached hydrogen (secondary N) is 1. The summed E-state index contributed by atoms with van der Waals surface area (Å²) in [7, 11) is 0. The molecule has 0 unspecified atom stereocenters. The van der Waals surface area contributed by atoms with Gasteiger partial charge in [0.05, 0.1) is 23.4 Å². The Morgan fingerprint density at radius 1 is 0.917 bits per heavy atom. The summed E-state index contributed by atoms with van der Waals surface area (Å²) < 4.78 is 11.2. The van der Waals surface area contributed by atoms with Crippen LogP contribution in [0.4, 0.5) is 11.4 Å². The minimum atomic E-state index is -0.782. The molecule has 0 saturated carbocycles. The molecule has 10 heteroatoms. The third kappa shape index (κ3) is 5.17. The summed E-state index contributed by atoms with van der Waals surface area (Å²) >= 11 is 9.52. The summed E-state index contributed by atoms with van der Waals surface area (Å²) in [6, 6.07) is 19.0. The van der Waals surface area contributed by atoms with Gasteiger partial charge < -0.3 is 14.8 Å². The van der Waals surface area contributed by atoms with Crippen LogP contribution in [-0.2, 0) is 14.3 Å². The van der Waals surface area contributed by atoms with Crippen LogP contribution >= 0.6 is 27.5 Å². The van der Waals surface area contributed by atoms with Crippen LogP contribution in [0.2, 0.25) is 0 Å². The van der Waals surface area contributed by atoms with E-state index < -0.39 is 23.8 Å². The van der Waals surface area contributed by atoms with Crippen LogP contribution in [0, 0.1) is 0 Å². The molecule has 2 amide bonds. The number of hydrogen-bond acceptors (Lipinski definition) is 7. The Bertz CT molecular complexity index is 1390. The molecular weight excluding hydrogens is 552 g/mol. The molecular formula is C26H18BrClN2O6. The largest absolute Gasteiger partial charge is 0.462 e. The molecule has 8 nitrogen and oxygen atoms in total. The fraction of sp³-hybridized carbons (Fsp3) is 0.0769. The molecule has 1 N–H and O–H groups in total. The average Bonchev–Trinajstić information content (AvgIpc) is 3.08. The van der Waals surface area contributed by atoms with Gasteiger partial charge in [-0.25, -0.2) is 14.5 Å². The molecule has 0 fully saturated rings. The fourth-order valence-electron chi connectivity index (χ4n) is 3.38. The van der Waals surface area contributed by atoms with Crippen molar-refractivity contribution in [2.75, 3.05) is 16.8 Å². The first-order valence-electron chi connectivity index (χ1n) is 10.7. The van der Waals surface area contributed by atoms with Crippen LogP contribution in [0.3, 0.4) is 0 Å². The van der Waals surface area contributed by atoms with Crippen molar-refractivity contribution in [3.05, 3.63) is 99.1 Å². The maximum Gasteiger partial charge on any atom is 0.343 e. The highest BCUT2D eigenvalue weighted by molar-refractivity contribution is 9.10. The topological polar surface area (TPSA) is 102 Å². The van der Waals surface area contributed by atoms with Crippen molar-refractivity contribution in [3.8, 4) is 5.75 Å². The van der Waals surface area contributed by atoms with Crippen LogP contribution in [0.15, 0.2) is 88.0 Å². The van der Waals surface area contributed by atoms with Gasteiger partial charge in [-0.1, -0.05) is 39.7 Å². The second-order valence-corrected chi connectivity index (χ2v) is 8.71.